The Morgan fingerprint density at radius 3 is 2.23 bits per heavy atom. The van der Waals surface area contributed by atoms with Crippen LogP contribution in [0, 0.1) is 0 Å². The first-order chi connectivity index (χ1) is 14.3. The van der Waals surface area contributed by atoms with Crippen LogP contribution < -0.4 is 9.80 Å². The number of amides is 2. The number of aliphatic hydroxyl groups is 1. The van der Waals surface area contributed by atoms with Gasteiger partial charge in [-0.15, -0.1) is 0 Å². The zero-order chi connectivity index (χ0) is 21.3. The number of carbonyl (C=O) groups is 1. The van der Waals surface area contributed by atoms with E-state index < -0.39 is 5.60 Å². The number of hydrogen-bond acceptors (Lipinski definition) is 4. The summed E-state index contributed by atoms with van der Waals surface area (Å²) in [6.45, 7) is 9.70. The molecule has 2 aliphatic rings. The fourth-order valence-electron chi connectivity index (χ4n) is 4.22. The minimum absolute atomic E-state index is 0.0409. The van der Waals surface area contributed by atoms with Crippen molar-refractivity contribution < 1.29 is 9.90 Å². The van der Waals surface area contributed by atoms with E-state index in [1.807, 2.05) is 34.1 Å². The number of nitrogens with zero attached hydrogens (tertiary/aromatic N) is 4. The molecule has 2 heterocycles. The van der Waals surface area contributed by atoms with Gasteiger partial charge in [0.05, 0.1) is 5.60 Å². The highest BCUT2D eigenvalue weighted by Crippen LogP contribution is 2.28. The molecule has 30 heavy (non-hydrogen) atoms. The molecule has 2 aliphatic heterocycles. The van der Waals surface area contributed by atoms with Crippen LogP contribution in [0.5, 0.6) is 0 Å². The lowest BCUT2D eigenvalue weighted by Gasteiger charge is -2.35. The minimum atomic E-state index is -0.882. The van der Waals surface area contributed by atoms with Gasteiger partial charge < -0.3 is 19.8 Å². The SMILES string of the molecule is CN1CCN(c2ccccc2CN2CCN(c3ccc(C(C)(C)O)cc3)C2=O)CC1. The Bertz CT molecular complexity index is 883. The molecule has 0 unspecified atom stereocenters. The molecule has 2 aromatic carbocycles. The van der Waals surface area contributed by atoms with Crippen molar-refractivity contribution in [3.05, 3.63) is 59.7 Å². The Kier molecular flexibility index (Phi) is 5.71. The maximum Gasteiger partial charge on any atom is 0.324 e. The molecule has 2 fully saturated rings. The molecule has 2 amide bonds. The molecule has 0 atom stereocenters. The minimum Gasteiger partial charge on any atom is -0.386 e. The maximum absolute atomic E-state index is 13.1. The van der Waals surface area contributed by atoms with E-state index in [9.17, 15) is 9.90 Å². The van der Waals surface area contributed by atoms with Crippen molar-refractivity contribution in [2.75, 3.05) is 56.1 Å². The first kappa shape index (κ1) is 20.7. The predicted molar refractivity (Wildman–Crippen MR) is 121 cm³/mol. The molecule has 0 saturated carbocycles. The van der Waals surface area contributed by atoms with Crippen LogP contribution in [0.1, 0.15) is 25.0 Å². The summed E-state index contributed by atoms with van der Waals surface area (Å²) >= 11 is 0. The molecule has 6 heteroatoms. The zero-order valence-electron chi connectivity index (χ0n) is 18.2. The molecule has 2 aromatic rings. The topological polar surface area (TPSA) is 50.3 Å². The Morgan fingerprint density at radius 2 is 1.57 bits per heavy atom. The summed E-state index contributed by atoms with van der Waals surface area (Å²) in [6, 6.07) is 16.1. The fraction of sp³-hybridized carbons (Fsp3) is 0.458. The van der Waals surface area contributed by atoms with E-state index in [-0.39, 0.29) is 6.03 Å². The normalized spacial score (nSPS) is 18.4. The molecule has 1 N–H and O–H groups in total. The first-order valence-corrected chi connectivity index (χ1v) is 10.7. The quantitative estimate of drug-likeness (QED) is 0.826. The molecular weight excluding hydrogens is 376 g/mol. The summed E-state index contributed by atoms with van der Waals surface area (Å²) in [5, 5.41) is 10.2. The van der Waals surface area contributed by atoms with Gasteiger partial charge in [-0.2, -0.15) is 0 Å². The Hall–Kier alpha value is -2.57. The zero-order valence-corrected chi connectivity index (χ0v) is 18.2. The van der Waals surface area contributed by atoms with Crippen LogP contribution in [-0.2, 0) is 12.1 Å². The third-order valence-electron chi connectivity index (χ3n) is 6.18. The summed E-state index contributed by atoms with van der Waals surface area (Å²) in [4.78, 5) is 21.6. The second kappa shape index (κ2) is 8.28. The van der Waals surface area contributed by atoms with Crippen LogP contribution in [0.2, 0.25) is 0 Å². The average molecular weight is 409 g/mol. The van der Waals surface area contributed by atoms with Crippen LogP contribution in [-0.4, -0.2) is 67.3 Å². The molecule has 0 aromatic heterocycles. The van der Waals surface area contributed by atoms with Crippen LogP contribution >= 0.6 is 0 Å². The van der Waals surface area contributed by atoms with Gasteiger partial charge in [0.25, 0.3) is 0 Å². The van der Waals surface area contributed by atoms with E-state index in [1.165, 1.54) is 11.3 Å². The smallest absolute Gasteiger partial charge is 0.324 e. The second-order valence-electron chi connectivity index (χ2n) is 8.88. The fourth-order valence-corrected chi connectivity index (χ4v) is 4.22. The number of carbonyl (C=O) groups excluding carboxylic acids is 1. The highest BCUT2D eigenvalue weighted by molar-refractivity contribution is 5.94. The largest absolute Gasteiger partial charge is 0.386 e. The number of rotatable bonds is 5. The van der Waals surface area contributed by atoms with Crippen molar-refractivity contribution in [2.45, 2.75) is 26.0 Å². The third-order valence-corrected chi connectivity index (χ3v) is 6.18. The molecular formula is C24H32N4O2. The molecule has 6 nitrogen and oxygen atoms in total. The van der Waals surface area contributed by atoms with Crippen molar-refractivity contribution in [3.63, 3.8) is 0 Å². The lowest BCUT2D eigenvalue weighted by Crippen LogP contribution is -2.45. The standard InChI is InChI=1S/C24H32N4O2/c1-24(2,30)20-8-10-21(11-9-20)28-17-16-27(23(28)29)18-19-6-4-5-7-22(19)26-14-12-25(3)13-15-26/h4-11,30H,12-18H2,1-3H3. The van der Waals surface area contributed by atoms with E-state index in [4.69, 9.17) is 0 Å². The number of likely N-dealkylation sites (N-methyl/N-ethyl adjacent to an activating group) is 1. The van der Waals surface area contributed by atoms with Crippen LogP contribution in [0.3, 0.4) is 0 Å². The average Bonchev–Trinajstić information content (AvgIpc) is 3.09. The molecule has 0 radical (unpaired) electrons. The second-order valence-corrected chi connectivity index (χ2v) is 8.88. The Labute approximate surface area is 179 Å². The number of hydrogen-bond donors (Lipinski definition) is 1. The van der Waals surface area contributed by atoms with Gasteiger partial charge >= 0.3 is 6.03 Å². The van der Waals surface area contributed by atoms with Crippen molar-refractivity contribution in [1.29, 1.82) is 0 Å². The summed E-state index contributed by atoms with van der Waals surface area (Å²) in [6.07, 6.45) is 0. The Balaban J connectivity index is 1.46. The van der Waals surface area contributed by atoms with Crippen molar-refractivity contribution in [1.82, 2.24) is 9.80 Å². The number of para-hydroxylation sites is 1. The van der Waals surface area contributed by atoms with Crippen molar-refractivity contribution in [2.24, 2.45) is 0 Å². The van der Waals surface area contributed by atoms with Gasteiger partial charge in [-0.1, -0.05) is 30.3 Å². The summed E-state index contributed by atoms with van der Waals surface area (Å²) in [5.41, 5.74) is 3.28. The van der Waals surface area contributed by atoms with Gasteiger partial charge in [0, 0.05) is 57.2 Å². The van der Waals surface area contributed by atoms with Crippen LogP contribution in [0.25, 0.3) is 0 Å². The van der Waals surface area contributed by atoms with Gasteiger partial charge in [0.15, 0.2) is 0 Å². The molecule has 0 spiro atoms. The van der Waals surface area contributed by atoms with E-state index in [0.29, 0.717) is 19.6 Å². The lowest BCUT2D eigenvalue weighted by molar-refractivity contribution is 0.0786. The van der Waals surface area contributed by atoms with E-state index >= 15 is 0 Å². The maximum atomic E-state index is 13.1. The van der Waals surface area contributed by atoms with Gasteiger partial charge in [-0.05, 0) is 50.2 Å². The first-order valence-electron chi connectivity index (χ1n) is 10.7. The number of urea groups is 1. The molecule has 2 saturated heterocycles. The lowest BCUT2D eigenvalue weighted by atomic mass is 9.98. The van der Waals surface area contributed by atoms with E-state index in [1.54, 1.807) is 13.8 Å². The molecule has 4 rings (SSSR count). The molecule has 0 bridgehead atoms. The monoisotopic (exact) mass is 408 g/mol. The predicted octanol–water partition coefficient (Wildman–Crippen LogP) is 3.11. The number of piperazine rings is 1. The molecule has 160 valence electrons. The summed E-state index contributed by atoms with van der Waals surface area (Å²) in [5.74, 6) is 0. The van der Waals surface area contributed by atoms with Crippen molar-refractivity contribution in [3.8, 4) is 0 Å². The number of anilines is 2. The molecule has 0 aliphatic carbocycles. The Morgan fingerprint density at radius 1 is 0.900 bits per heavy atom. The van der Waals surface area contributed by atoms with Crippen molar-refractivity contribution >= 4 is 17.4 Å². The van der Waals surface area contributed by atoms with Crippen LogP contribution in [0.4, 0.5) is 16.2 Å². The van der Waals surface area contributed by atoms with Gasteiger partial charge in [0.2, 0.25) is 0 Å². The van der Waals surface area contributed by atoms with Gasteiger partial charge in [-0.3, -0.25) is 4.90 Å². The number of benzene rings is 2. The third kappa shape index (κ3) is 4.30. The highest BCUT2D eigenvalue weighted by Gasteiger charge is 2.30. The van der Waals surface area contributed by atoms with Gasteiger partial charge in [-0.25, -0.2) is 4.79 Å². The van der Waals surface area contributed by atoms with E-state index in [0.717, 1.165) is 37.4 Å². The van der Waals surface area contributed by atoms with Crippen LogP contribution in [0.15, 0.2) is 48.5 Å². The summed E-state index contributed by atoms with van der Waals surface area (Å²) in [7, 11) is 2.16. The summed E-state index contributed by atoms with van der Waals surface area (Å²) < 4.78 is 0. The van der Waals surface area contributed by atoms with Gasteiger partial charge in [0.1, 0.15) is 0 Å². The van der Waals surface area contributed by atoms with E-state index in [2.05, 4.69) is 41.1 Å². The highest BCUT2D eigenvalue weighted by atomic mass is 16.3.